The molecular formula is C5H12N2O2. The van der Waals surface area contributed by atoms with Gasteiger partial charge in [0.15, 0.2) is 0 Å². The van der Waals surface area contributed by atoms with Crippen LogP contribution in [0.15, 0.2) is 0 Å². The third-order valence-corrected chi connectivity index (χ3v) is 0.831. The zero-order chi connectivity index (χ0) is 7.28. The van der Waals surface area contributed by atoms with Crippen LogP contribution < -0.4 is 11.2 Å². The molecule has 0 aromatic heterocycles. The van der Waals surface area contributed by atoms with Crippen LogP contribution in [-0.2, 0) is 9.63 Å². The van der Waals surface area contributed by atoms with Crippen molar-refractivity contribution in [2.24, 2.45) is 5.73 Å². The predicted octanol–water partition coefficient (Wildman–Crippen LogP) is -0.599. The molecule has 0 aromatic rings. The molecule has 0 bridgehead atoms. The molecule has 4 nitrogen and oxygen atoms in total. The number of carbonyl (C=O) groups excluding carboxylic acids is 1. The molecule has 0 saturated carbocycles. The Bertz CT molecular complexity index is 95.0. The number of carbonyl (C=O) groups is 1. The standard InChI is InChI=1S/C5H12N2O2/c1-3-9-7-4(2)5(6)8/h4,7H,3H2,1-2H3,(H2,6,8). The Morgan fingerprint density at radius 3 is 2.78 bits per heavy atom. The minimum absolute atomic E-state index is 0.412. The van der Waals surface area contributed by atoms with Crippen LogP contribution >= 0.6 is 0 Å². The van der Waals surface area contributed by atoms with Crippen molar-refractivity contribution < 1.29 is 9.63 Å². The summed E-state index contributed by atoms with van der Waals surface area (Å²) >= 11 is 0. The van der Waals surface area contributed by atoms with E-state index in [1.54, 1.807) is 6.92 Å². The Hall–Kier alpha value is -0.610. The lowest BCUT2D eigenvalue weighted by Crippen LogP contribution is -2.38. The van der Waals surface area contributed by atoms with E-state index in [2.05, 4.69) is 5.48 Å². The van der Waals surface area contributed by atoms with Gasteiger partial charge in [-0.05, 0) is 13.8 Å². The van der Waals surface area contributed by atoms with Crippen molar-refractivity contribution in [2.75, 3.05) is 6.61 Å². The second-order valence-electron chi connectivity index (χ2n) is 1.67. The van der Waals surface area contributed by atoms with E-state index in [0.29, 0.717) is 6.61 Å². The lowest BCUT2D eigenvalue weighted by molar-refractivity contribution is -0.123. The molecule has 0 fully saturated rings. The Kier molecular flexibility index (Phi) is 4.00. The van der Waals surface area contributed by atoms with Gasteiger partial charge in [0.25, 0.3) is 0 Å². The van der Waals surface area contributed by atoms with Gasteiger partial charge in [0.2, 0.25) is 5.91 Å². The molecular weight excluding hydrogens is 120 g/mol. The summed E-state index contributed by atoms with van der Waals surface area (Å²) in [5.74, 6) is -0.413. The van der Waals surface area contributed by atoms with Crippen molar-refractivity contribution in [2.45, 2.75) is 19.9 Å². The minimum Gasteiger partial charge on any atom is -0.368 e. The maximum atomic E-state index is 10.3. The Morgan fingerprint density at radius 2 is 2.44 bits per heavy atom. The monoisotopic (exact) mass is 132 g/mol. The number of hydrogen-bond acceptors (Lipinski definition) is 3. The number of rotatable bonds is 4. The van der Waals surface area contributed by atoms with E-state index < -0.39 is 11.9 Å². The molecule has 0 saturated heterocycles. The molecule has 9 heavy (non-hydrogen) atoms. The van der Waals surface area contributed by atoms with Gasteiger partial charge in [-0.3, -0.25) is 4.79 Å². The molecule has 0 aliphatic heterocycles. The first-order valence-corrected chi connectivity index (χ1v) is 2.85. The molecule has 1 unspecified atom stereocenters. The SMILES string of the molecule is CCONC(C)C(N)=O. The highest BCUT2D eigenvalue weighted by Gasteiger charge is 2.05. The third-order valence-electron chi connectivity index (χ3n) is 0.831. The van der Waals surface area contributed by atoms with Crippen molar-refractivity contribution in [3.05, 3.63) is 0 Å². The van der Waals surface area contributed by atoms with Crippen molar-refractivity contribution in [3.8, 4) is 0 Å². The fourth-order valence-corrected chi connectivity index (χ4v) is 0.266. The average Bonchev–Trinajstić information content (AvgIpc) is 1.82. The lowest BCUT2D eigenvalue weighted by atomic mass is 10.4. The third kappa shape index (κ3) is 3.93. The smallest absolute Gasteiger partial charge is 0.236 e. The van der Waals surface area contributed by atoms with Gasteiger partial charge >= 0.3 is 0 Å². The normalized spacial score (nSPS) is 13.1. The first-order valence-electron chi connectivity index (χ1n) is 2.85. The van der Waals surface area contributed by atoms with Crippen LogP contribution in [0.5, 0.6) is 0 Å². The van der Waals surface area contributed by atoms with Crippen LogP contribution in [0.2, 0.25) is 0 Å². The molecule has 0 aromatic carbocycles. The van der Waals surface area contributed by atoms with Gasteiger partial charge in [0.05, 0.1) is 6.61 Å². The van der Waals surface area contributed by atoms with Crippen LogP contribution in [0.25, 0.3) is 0 Å². The van der Waals surface area contributed by atoms with Gasteiger partial charge in [-0.15, -0.1) is 0 Å². The zero-order valence-corrected chi connectivity index (χ0v) is 5.68. The molecule has 0 aliphatic rings. The molecule has 0 aliphatic carbocycles. The molecule has 54 valence electrons. The van der Waals surface area contributed by atoms with Crippen molar-refractivity contribution in [3.63, 3.8) is 0 Å². The van der Waals surface area contributed by atoms with Gasteiger partial charge in [-0.1, -0.05) is 0 Å². The quantitative estimate of drug-likeness (QED) is 0.502. The van der Waals surface area contributed by atoms with E-state index in [1.165, 1.54) is 0 Å². The number of hydroxylamine groups is 1. The minimum atomic E-state index is -0.413. The number of nitrogens with one attached hydrogen (secondary N) is 1. The Morgan fingerprint density at radius 1 is 1.89 bits per heavy atom. The Labute approximate surface area is 54.3 Å². The number of hydrogen-bond donors (Lipinski definition) is 2. The van der Waals surface area contributed by atoms with Gasteiger partial charge < -0.3 is 10.6 Å². The van der Waals surface area contributed by atoms with E-state index >= 15 is 0 Å². The molecule has 0 rings (SSSR count). The second-order valence-corrected chi connectivity index (χ2v) is 1.67. The summed E-state index contributed by atoms with van der Waals surface area (Å²) in [6.45, 7) is 3.98. The predicted molar refractivity (Wildman–Crippen MR) is 33.4 cm³/mol. The summed E-state index contributed by atoms with van der Waals surface area (Å²) in [7, 11) is 0. The maximum absolute atomic E-state index is 10.3. The van der Waals surface area contributed by atoms with E-state index in [4.69, 9.17) is 10.6 Å². The van der Waals surface area contributed by atoms with Crippen LogP contribution in [-0.4, -0.2) is 18.6 Å². The number of amides is 1. The lowest BCUT2D eigenvalue weighted by Gasteiger charge is -2.07. The summed E-state index contributed by atoms with van der Waals surface area (Å²) < 4.78 is 0. The van der Waals surface area contributed by atoms with E-state index in [0.717, 1.165) is 0 Å². The average molecular weight is 132 g/mol. The van der Waals surface area contributed by atoms with Crippen LogP contribution in [0.3, 0.4) is 0 Å². The number of nitrogens with two attached hydrogens (primary N) is 1. The van der Waals surface area contributed by atoms with Gasteiger partial charge in [-0.2, -0.15) is 5.48 Å². The van der Waals surface area contributed by atoms with Crippen molar-refractivity contribution >= 4 is 5.91 Å². The molecule has 0 spiro atoms. The molecule has 4 heteroatoms. The molecule has 0 radical (unpaired) electrons. The van der Waals surface area contributed by atoms with Gasteiger partial charge in [-0.25, -0.2) is 0 Å². The van der Waals surface area contributed by atoms with Crippen LogP contribution in [0, 0.1) is 0 Å². The molecule has 3 N–H and O–H groups in total. The topological polar surface area (TPSA) is 64.3 Å². The molecule has 1 atom stereocenters. The van der Waals surface area contributed by atoms with Crippen LogP contribution in [0.4, 0.5) is 0 Å². The molecule has 1 amide bonds. The Balaban J connectivity index is 3.27. The van der Waals surface area contributed by atoms with E-state index in [1.807, 2.05) is 6.92 Å². The highest BCUT2D eigenvalue weighted by molar-refractivity contribution is 5.79. The van der Waals surface area contributed by atoms with Crippen molar-refractivity contribution in [1.29, 1.82) is 0 Å². The summed E-state index contributed by atoms with van der Waals surface area (Å²) in [5.41, 5.74) is 7.35. The number of primary amides is 1. The van der Waals surface area contributed by atoms with Crippen molar-refractivity contribution in [1.82, 2.24) is 5.48 Å². The largest absolute Gasteiger partial charge is 0.368 e. The fourth-order valence-electron chi connectivity index (χ4n) is 0.266. The highest BCUT2D eigenvalue weighted by Crippen LogP contribution is 1.77. The zero-order valence-electron chi connectivity index (χ0n) is 5.68. The van der Waals surface area contributed by atoms with E-state index in [9.17, 15) is 4.79 Å². The second kappa shape index (κ2) is 4.29. The summed E-state index contributed by atoms with van der Waals surface area (Å²) in [5, 5.41) is 0. The molecule has 0 heterocycles. The summed E-state index contributed by atoms with van der Waals surface area (Å²) in [4.78, 5) is 15.0. The van der Waals surface area contributed by atoms with Crippen LogP contribution in [0.1, 0.15) is 13.8 Å². The first kappa shape index (κ1) is 8.39. The van der Waals surface area contributed by atoms with Gasteiger partial charge in [0.1, 0.15) is 6.04 Å². The fraction of sp³-hybridized carbons (Fsp3) is 0.800. The maximum Gasteiger partial charge on any atom is 0.236 e. The highest BCUT2D eigenvalue weighted by atomic mass is 16.6. The van der Waals surface area contributed by atoms with Gasteiger partial charge in [0, 0.05) is 0 Å². The summed E-state index contributed by atoms with van der Waals surface area (Å²) in [6, 6.07) is -0.412. The summed E-state index contributed by atoms with van der Waals surface area (Å²) in [6.07, 6.45) is 0. The van der Waals surface area contributed by atoms with E-state index in [-0.39, 0.29) is 0 Å². The first-order chi connectivity index (χ1) is 4.18.